The van der Waals surface area contributed by atoms with Crippen LogP contribution < -0.4 is 19.5 Å². The first kappa shape index (κ1) is 24.9. The van der Waals surface area contributed by atoms with Crippen molar-refractivity contribution in [2.75, 3.05) is 25.3 Å². The number of nitrogens with zero attached hydrogens (tertiary/aromatic N) is 3. The van der Waals surface area contributed by atoms with Gasteiger partial charge in [-0.1, -0.05) is 35.0 Å². The molecule has 0 atom stereocenters. The number of hydrogen-bond donors (Lipinski definition) is 1. The number of carbonyl (C=O) groups excluding carboxylic acids is 1. The lowest BCUT2D eigenvalue weighted by molar-refractivity contribution is -0.113. The Balaban J connectivity index is 1.63. The second kappa shape index (κ2) is 11.4. The summed E-state index contributed by atoms with van der Waals surface area (Å²) >= 11 is 13.3. The number of amides is 1. The average molecular weight is 515 g/mol. The number of halogens is 3. The molecule has 1 heterocycles. The van der Waals surface area contributed by atoms with Crippen LogP contribution in [0, 0.1) is 5.82 Å². The first-order valence-corrected chi connectivity index (χ1v) is 11.4. The Morgan fingerprint density at radius 2 is 1.82 bits per heavy atom. The van der Waals surface area contributed by atoms with Gasteiger partial charge in [-0.15, -0.1) is 10.2 Å². The summed E-state index contributed by atoms with van der Waals surface area (Å²) in [5.41, 5.74) is 0.437. The smallest absolute Gasteiger partial charge is 0.234 e. The Labute approximate surface area is 204 Å². The van der Waals surface area contributed by atoms with Crippen molar-refractivity contribution in [3.63, 3.8) is 0 Å². The molecule has 0 fully saturated rings. The van der Waals surface area contributed by atoms with Crippen LogP contribution in [-0.4, -0.2) is 40.6 Å². The van der Waals surface area contributed by atoms with Crippen molar-refractivity contribution in [2.45, 2.75) is 25.2 Å². The highest BCUT2D eigenvalue weighted by Gasteiger charge is 2.16. The van der Waals surface area contributed by atoms with Gasteiger partial charge in [0, 0.05) is 18.7 Å². The van der Waals surface area contributed by atoms with Crippen LogP contribution in [0.2, 0.25) is 10.0 Å². The minimum Gasteiger partial charge on any atom is -0.495 e. The monoisotopic (exact) mass is 514 g/mol. The molecule has 0 aliphatic carbocycles. The van der Waals surface area contributed by atoms with Crippen LogP contribution in [0.1, 0.15) is 12.7 Å². The summed E-state index contributed by atoms with van der Waals surface area (Å²) in [6.07, 6.45) is 0. The fourth-order valence-corrected chi connectivity index (χ4v) is 4.13. The Kier molecular flexibility index (Phi) is 8.65. The van der Waals surface area contributed by atoms with Crippen molar-refractivity contribution in [1.29, 1.82) is 0 Å². The molecule has 3 aromatic rings. The fraction of sp³-hybridized carbons (Fsp3) is 0.286. The van der Waals surface area contributed by atoms with Gasteiger partial charge in [-0.05, 0) is 25.1 Å². The minimum atomic E-state index is -0.448. The second-order valence-corrected chi connectivity index (χ2v) is 8.29. The largest absolute Gasteiger partial charge is 0.495 e. The summed E-state index contributed by atoms with van der Waals surface area (Å²) in [6, 6.07) is 7.04. The Hall–Kier alpha value is -2.69. The number of anilines is 1. The summed E-state index contributed by atoms with van der Waals surface area (Å²) in [6.45, 7) is 2.57. The predicted octanol–water partition coefficient (Wildman–Crippen LogP) is 5.07. The minimum absolute atomic E-state index is 0.0802. The van der Waals surface area contributed by atoms with E-state index in [1.807, 2.05) is 11.5 Å². The molecule has 33 heavy (non-hydrogen) atoms. The molecular formula is C21H21Cl2FN4O4S. The molecule has 0 saturated heterocycles. The maximum atomic E-state index is 13.2. The quantitative estimate of drug-likeness (QED) is 0.377. The van der Waals surface area contributed by atoms with Crippen LogP contribution in [0.25, 0.3) is 0 Å². The highest BCUT2D eigenvalue weighted by Crippen LogP contribution is 2.36. The van der Waals surface area contributed by atoms with Crippen LogP contribution in [0.5, 0.6) is 17.2 Å². The zero-order chi connectivity index (χ0) is 24.0. The van der Waals surface area contributed by atoms with Gasteiger partial charge in [0.15, 0.2) is 11.0 Å². The molecule has 0 unspecified atom stereocenters. The summed E-state index contributed by atoms with van der Waals surface area (Å²) in [5, 5.41) is 12.2. The highest BCUT2D eigenvalue weighted by molar-refractivity contribution is 7.99. The number of hydrogen-bond acceptors (Lipinski definition) is 7. The SMILES string of the molecule is CCn1c(COc2ccc(F)cc2Cl)nnc1SCC(=O)Nc1cc(OC)c(Cl)cc1OC. The maximum Gasteiger partial charge on any atom is 0.234 e. The van der Waals surface area contributed by atoms with Crippen molar-refractivity contribution in [1.82, 2.24) is 14.8 Å². The molecule has 8 nitrogen and oxygen atoms in total. The molecule has 1 aromatic heterocycles. The van der Waals surface area contributed by atoms with Crippen molar-refractivity contribution in [3.8, 4) is 17.2 Å². The van der Waals surface area contributed by atoms with Crippen LogP contribution in [0.4, 0.5) is 10.1 Å². The molecule has 0 spiro atoms. The lowest BCUT2D eigenvalue weighted by Crippen LogP contribution is -2.15. The van der Waals surface area contributed by atoms with Crippen LogP contribution in [0.3, 0.4) is 0 Å². The van der Waals surface area contributed by atoms with E-state index in [4.69, 9.17) is 37.4 Å². The standard InChI is InChI=1S/C21H21Cl2FN4O4S/c1-4-28-19(10-32-16-6-5-12(24)7-13(16)22)26-27-21(28)33-11-20(29)25-15-9-17(30-2)14(23)8-18(15)31-3/h5-9H,4,10-11H2,1-3H3,(H,25,29). The third-order valence-electron chi connectivity index (χ3n) is 4.44. The molecule has 176 valence electrons. The Morgan fingerprint density at radius 1 is 1.09 bits per heavy atom. The lowest BCUT2D eigenvalue weighted by atomic mass is 10.2. The molecule has 0 radical (unpaired) electrons. The topological polar surface area (TPSA) is 87.5 Å². The van der Waals surface area contributed by atoms with Crippen molar-refractivity contribution < 1.29 is 23.4 Å². The van der Waals surface area contributed by atoms with E-state index in [0.717, 1.165) is 0 Å². The maximum absolute atomic E-state index is 13.2. The van der Waals surface area contributed by atoms with Gasteiger partial charge in [-0.3, -0.25) is 4.79 Å². The number of thioether (sulfide) groups is 1. The van der Waals surface area contributed by atoms with E-state index in [-0.39, 0.29) is 23.3 Å². The van der Waals surface area contributed by atoms with Crippen LogP contribution in [0.15, 0.2) is 35.5 Å². The number of carbonyl (C=O) groups is 1. The van der Waals surface area contributed by atoms with Crippen molar-refractivity contribution in [3.05, 3.63) is 52.0 Å². The predicted molar refractivity (Wildman–Crippen MR) is 125 cm³/mol. The van der Waals surface area contributed by atoms with Crippen molar-refractivity contribution >= 4 is 46.6 Å². The lowest BCUT2D eigenvalue weighted by Gasteiger charge is -2.13. The number of rotatable bonds is 10. The van der Waals surface area contributed by atoms with Gasteiger partial charge in [0.25, 0.3) is 0 Å². The van der Waals surface area contributed by atoms with Gasteiger partial charge < -0.3 is 24.1 Å². The molecule has 0 saturated carbocycles. The number of ether oxygens (including phenoxy) is 3. The summed E-state index contributed by atoms with van der Waals surface area (Å²) in [7, 11) is 2.97. The van der Waals surface area contributed by atoms with Crippen LogP contribution >= 0.6 is 35.0 Å². The summed E-state index contributed by atoms with van der Waals surface area (Å²) < 4.78 is 31.1. The molecule has 12 heteroatoms. The van der Waals surface area contributed by atoms with Gasteiger partial charge in [0.1, 0.15) is 29.7 Å². The summed E-state index contributed by atoms with van der Waals surface area (Å²) in [4.78, 5) is 12.5. The van der Waals surface area contributed by atoms with E-state index in [0.29, 0.717) is 45.5 Å². The van der Waals surface area contributed by atoms with Gasteiger partial charge in [0.2, 0.25) is 5.91 Å². The number of benzene rings is 2. The van der Waals surface area contributed by atoms with E-state index < -0.39 is 5.82 Å². The first-order chi connectivity index (χ1) is 15.9. The number of nitrogens with one attached hydrogen (secondary N) is 1. The zero-order valence-corrected chi connectivity index (χ0v) is 20.4. The molecule has 0 bridgehead atoms. The van der Waals surface area contributed by atoms with Gasteiger partial charge in [-0.25, -0.2) is 4.39 Å². The molecule has 1 amide bonds. The third kappa shape index (κ3) is 6.21. The molecule has 3 rings (SSSR count). The Bertz CT molecular complexity index is 1150. The molecule has 1 N–H and O–H groups in total. The fourth-order valence-electron chi connectivity index (χ4n) is 2.86. The third-order valence-corrected chi connectivity index (χ3v) is 6.00. The molecule has 0 aliphatic rings. The van der Waals surface area contributed by atoms with E-state index in [1.165, 1.54) is 44.2 Å². The first-order valence-electron chi connectivity index (χ1n) is 9.70. The number of aromatic nitrogens is 3. The summed E-state index contributed by atoms with van der Waals surface area (Å²) in [5.74, 6) is 1.07. The van der Waals surface area contributed by atoms with Gasteiger partial charge >= 0.3 is 0 Å². The second-order valence-electron chi connectivity index (χ2n) is 6.53. The molecule has 2 aromatic carbocycles. The van der Waals surface area contributed by atoms with Gasteiger partial charge in [-0.2, -0.15) is 0 Å². The Morgan fingerprint density at radius 3 is 2.48 bits per heavy atom. The van der Waals surface area contributed by atoms with Crippen LogP contribution in [-0.2, 0) is 17.9 Å². The highest BCUT2D eigenvalue weighted by atomic mass is 35.5. The van der Waals surface area contributed by atoms with E-state index in [9.17, 15) is 9.18 Å². The van der Waals surface area contributed by atoms with Gasteiger partial charge in [0.05, 0.1) is 35.7 Å². The average Bonchev–Trinajstić information content (AvgIpc) is 3.19. The normalized spacial score (nSPS) is 10.7. The van der Waals surface area contributed by atoms with E-state index in [2.05, 4.69) is 15.5 Å². The van der Waals surface area contributed by atoms with E-state index >= 15 is 0 Å². The zero-order valence-electron chi connectivity index (χ0n) is 18.0. The number of methoxy groups -OCH3 is 2. The van der Waals surface area contributed by atoms with Crippen molar-refractivity contribution in [2.24, 2.45) is 0 Å². The van der Waals surface area contributed by atoms with E-state index in [1.54, 1.807) is 12.1 Å². The molecule has 0 aliphatic heterocycles. The molecular weight excluding hydrogens is 494 g/mol.